The van der Waals surface area contributed by atoms with Crippen LogP contribution < -0.4 is 0 Å². The molecule has 0 aliphatic rings. The minimum atomic E-state index is 0.358. The molecule has 0 saturated carbocycles. The second-order valence-electron chi connectivity index (χ2n) is 14.2. The van der Waals surface area contributed by atoms with Gasteiger partial charge in [-0.1, -0.05) is 121 Å². The SMILES string of the molecule is N#Cc1cc(C#N)cc(-c2nc(-c3ccc(-c4cccc5cc6oc7ccccc7c6cc45)cc3)nc(-c3cccc4sc5c(-c6ccccc6)cccc5c34)n2)c1. The summed E-state index contributed by atoms with van der Waals surface area (Å²) in [5.41, 5.74) is 9.21. The van der Waals surface area contributed by atoms with Crippen molar-refractivity contribution in [2.45, 2.75) is 0 Å². The lowest BCUT2D eigenvalue weighted by Gasteiger charge is -2.11. The molecular weight excluding hydrogens is 731 g/mol. The summed E-state index contributed by atoms with van der Waals surface area (Å²) in [6.07, 6.45) is 0. The van der Waals surface area contributed by atoms with Gasteiger partial charge in [-0.25, -0.2) is 15.0 Å². The van der Waals surface area contributed by atoms with E-state index in [2.05, 4.69) is 115 Å². The van der Waals surface area contributed by atoms with Crippen LogP contribution in [0.3, 0.4) is 0 Å². The fourth-order valence-corrected chi connectivity index (χ4v) is 9.33. The van der Waals surface area contributed by atoms with Crippen LogP contribution in [-0.4, -0.2) is 15.0 Å². The first kappa shape index (κ1) is 33.4. The summed E-state index contributed by atoms with van der Waals surface area (Å²) in [6, 6.07) is 59.6. The van der Waals surface area contributed by atoms with E-state index in [9.17, 15) is 10.5 Å². The first-order valence-electron chi connectivity index (χ1n) is 18.8. The van der Waals surface area contributed by atoms with Crippen LogP contribution in [0.1, 0.15) is 11.1 Å². The summed E-state index contributed by atoms with van der Waals surface area (Å²) in [7, 11) is 0. The van der Waals surface area contributed by atoms with Crippen LogP contribution in [0.5, 0.6) is 0 Å². The number of rotatable bonds is 5. The summed E-state index contributed by atoms with van der Waals surface area (Å²) in [6.45, 7) is 0. The average Bonchev–Trinajstić information content (AvgIpc) is 3.86. The Labute approximate surface area is 336 Å². The lowest BCUT2D eigenvalue weighted by molar-refractivity contribution is 0.669. The van der Waals surface area contributed by atoms with Gasteiger partial charge in [0, 0.05) is 47.6 Å². The van der Waals surface area contributed by atoms with Gasteiger partial charge in [-0.3, -0.25) is 0 Å². The van der Waals surface area contributed by atoms with E-state index in [4.69, 9.17) is 19.4 Å². The third-order valence-electron chi connectivity index (χ3n) is 10.8. The molecule has 58 heavy (non-hydrogen) atoms. The van der Waals surface area contributed by atoms with Crippen molar-refractivity contribution in [3.05, 3.63) is 175 Å². The molecular formula is C51H27N5OS. The van der Waals surface area contributed by atoms with Crippen LogP contribution in [0.2, 0.25) is 0 Å². The van der Waals surface area contributed by atoms with Crippen molar-refractivity contribution < 1.29 is 4.42 Å². The van der Waals surface area contributed by atoms with Gasteiger partial charge in [0.05, 0.1) is 23.3 Å². The Bertz CT molecular complexity index is 3500. The molecule has 268 valence electrons. The zero-order chi connectivity index (χ0) is 38.7. The third kappa shape index (κ3) is 5.50. The van der Waals surface area contributed by atoms with E-state index in [1.165, 1.54) is 10.3 Å². The van der Waals surface area contributed by atoms with Crippen molar-refractivity contribution >= 4 is 64.2 Å². The van der Waals surface area contributed by atoms with Crippen molar-refractivity contribution in [1.29, 1.82) is 10.5 Å². The van der Waals surface area contributed by atoms with E-state index in [1.807, 2.05) is 42.5 Å². The monoisotopic (exact) mass is 757 g/mol. The maximum absolute atomic E-state index is 9.85. The smallest absolute Gasteiger partial charge is 0.164 e. The Balaban J connectivity index is 1.08. The highest BCUT2D eigenvalue weighted by Gasteiger charge is 2.19. The topological polar surface area (TPSA) is 99.4 Å². The van der Waals surface area contributed by atoms with Gasteiger partial charge < -0.3 is 4.42 Å². The number of furan rings is 1. The van der Waals surface area contributed by atoms with E-state index < -0.39 is 0 Å². The third-order valence-corrected chi connectivity index (χ3v) is 12.0. The van der Waals surface area contributed by atoms with Gasteiger partial charge in [-0.15, -0.1) is 11.3 Å². The van der Waals surface area contributed by atoms with Gasteiger partial charge in [-0.05, 0) is 75.5 Å². The Morgan fingerprint density at radius 3 is 1.88 bits per heavy atom. The Kier molecular flexibility index (Phi) is 7.68. The zero-order valence-corrected chi connectivity index (χ0v) is 31.5. The van der Waals surface area contributed by atoms with Crippen LogP contribution in [0, 0.1) is 22.7 Å². The summed E-state index contributed by atoms with van der Waals surface area (Å²) in [5, 5.41) is 26.3. The Hall–Kier alpha value is -7.97. The van der Waals surface area contributed by atoms with Gasteiger partial charge >= 0.3 is 0 Å². The molecule has 0 aliphatic heterocycles. The summed E-state index contributed by atoms with van der Waals surface area (Å²) < 4.78 is 8.51. The normalized spacial score (nSPS) is 11.4. The fraction of sp³-hybridized carbons (Fsp3) is 0. The highest BCUT2D eigenvalue weighted by Crippen LogP contribution is 2.44. The van der Waals surface area contributed by atoms with Gasteiger partial charge in [0.25, 0.3) is 0 Å². The highest BCUT2D eigenvalue weighted by atomic mass is 32.1. The lowest BCUT2D eigenvalue weighted by Crippen LogP contribution is -2.01. The standard InChI is InChI=1S/C51H27N5OS/c52-28-30-23-31(29-53)25-36(24-30)50-54-49(55-51(56-50)41-16-8-18-46-47(41)40-15-7-14-38(48(40)58-46)32-9-2-1-3-10-32)34-21-19-33(20-22-34)37-13-6-11-35-26-45-43(27-42(35)37)39-12-4-5-17-44(39)57-45/h1-27H. The van der Waals surface area contributed by atoms with E-state index in [0.717, 1.165) is 76.0 Å². The van der Waals surface area contributed by atoms with Gasteiger partial charge in [0.15, 0.2) is 17.5 Å². The van der Waals surface area contributed by atoms with E-state index in [-0.39, 0.29) is 0 Å². The molecule has 0 spiro atoms. The van der Waals surface area contributed by atoms with Crippen molar-refractivity contribution in [2.24, 2.45) is 0 Å². The molecule has 0 amide bonds. The molecule has 0 bridgehead atoms. The number of para-hydroxylation sites is 1. The molecule has 7 heteroatoms. The maximum Gasteiger partial charge on any atom is 0.164 e. The number of aromatic nitrogens is 3. The second kappa shape index (κ2) is 13.4. The molecule has 8 aromatic carbocycles. The van der Waals surface area contributed by atoms with Crippen LogP contribution in [0.25, 0.3) is 109 Å². The van der Waals surface area contributed by atoms with Crippen molar-refractivity contribution in [1.82, 2.24) is 15.0 Å². The zero-order valence-electron chi connectivity index (χ0n) is 30.6. The molecule has 0 atom stereocenters. The number of hydrogen-bond donors (Lipinski definition) is 0. The Morgan fingerprint density at radius 1 is 0.431 bits per heavy atom. The number of fused-ring (bicyclic) bond motifs is 7. The first-order chi connectivity index (χ1) is 28.6. The van der Waals surface area contributed by atoms with Crippen LogP contribution in [0.4, 0.5) is 0 Å². The second-order valence-corrected chi connectivity index (χ2v) is 15.3. The number of thiophene rings is 1. The minimum absolute atomic E-state index is 0.358. The van der Waals surface area contributed by atoms with Gasteiger partial charge in [0.1, 0.15) is 11.2 Å². The Morgan fingerprint density at radius 2 is 1.07 bits per heavy atom. The predicted octanol–water partition coefficient (Wildman–Crippen LogP) is 13.4. The van der Waals surface area contributed by atoms with Crippen LogP contribution in [0.15, 0.2) is 168 Å². The quantitative estimate of drug-likeness (QED) is 0.173. The molecule has 6 nitrogen and oxygen atoms in total. The number of nitrogens with zero attached hydrogens (tertiary/aromatic N) is 5. The lowest BCUT2D eigenvalue weighted by atomic mass is 9.96. The van der Waals surface area contributed by atoms with Crippen LogP contribution in [-0.2, 0) is 0 Å². The molecule has 3 heterocycles. The number of hydrogen-bond acceptors (Lipinski definition) is 7. The van der Waals surface area contributed by atoms with E-state index in [0.29, 0.717) is 34.2 Å². The molecule has 0 N–H and O–H groups in total. The number of nitriles is 2. The molecule has 0 fully saturated rings. The summed E-state index contributed by atoms with van der Waals surface area (Å²) in [4.78, 5) is 15.2. The first-order valence-corrected chi connectivity index (χ1v) is 19.6. The highest BCUT2D eigenvalue weighted by molar-refractivity contribution is 7.26. The molecule has 11 rings (SSSR count). The van der Waals surface area contributed by atoms with Crippen LogP contribution >= 0.6 is 11.3 Å². The fourth-order valence-electron chi connectivity index (χ4n) is 8.07. The minimum Gasteiger partial charge on any atom is -0.456 e. The van der Waals surface area contributed by atoms with E-state index in [1.54, 1.807) is 29.5 Å². The molecule has 3 aromatic heterocycles. The predicted molar refractivity (Wildman–Crippen MR) is 234 cm³/mol. The van der Waals surface area contributed by atoms with E-state index >= 15 is 0 Å². The summed E-state index contributed by atoms with van der Waals surface area (Å²) >= 11 is 1.76. The molecule has 0 radical (unpaired) electrons. The molecule has 11 aromatic rings. The van der Waals surface area contributed by atoms with Crippen molar-refractivity contribution in [2.75, 3.05) is 0 Å². The van der Waals surface area contributed by atoms with Gasteiger partial charge in [0.2, 0.25) is 0 Å². The molecule has 0 saturated heterocycles. The molecule has 0 aliphatic carbocycles. The largest absolute Gasteiger partial charge is 0.456 e. The number of benzene rings is 8. The summed E-state index contributed by atoms with van der Waals surface area (Å²) in [5.74, 6) is 1.37. The van der Waals surface area contributed by atoms with Gasteiger partial charge in [-0.2, -0.15) is 10.5 Å². The molecule has 0 unspecified atom stereocenters. The van der Waals surface area contributed by atoms with Crippen molar-refractivity contribution in [3.63, 3.8) is 0 Å². The maximum atomic E-state index is 9.85. The average molecular weight is 758 g/mol. The van der Waals surface area contributed by atoms with Crippen molar-refractivity contribution in [3.8, 4) is 68.6 Å².